The van der Waals surface area contributed by atoms with Crippen LogP contribution in [-0.4, -0.2) is 43.6 Å². The van der Waals surface area contributed by atoms with Crippen LogP contribution in [0.1, 0.15) is 23.6 Å². The fourth-order valence-electron chi connectivity index (χ4n) is 2.72. The second-order valence-corrected chi connectivity index (χ2v) is 6.09. The highest BCUT2D eigenvalue weighted by molar-refractivity contribution is 5.93. The van der Waals surface area contributed by atoms with Gasteiger partial charge in [0.1, 0.15) is 0 Å². The van der Waals surface area contributed by atoms with Gasteiger partial charge in [0.15, 0.2) is 0 Å². The molecule has 0 saturated carbocycles. The van der Waals surface area contributed by atoms with Gasteiger partial charge < -0.3 is 15.4 Å². The van der Waals surface area contributed by atoms with Crippen molar-refractivity contribution in [1.29, 1.82) is 0 Å². The molecule has 0 aromatic heterocycles. The summed E-state index contributed by atoms with van der Waals surface area (Å²) in [7, 11) is 1.96. The zero-order valence-electron chi connectivity index (χ0n) is 14.7. The number of esters is 1. The van der Waals surface area contributed by atoms with Crippen LogP contribution in [0, 0.1) is 13.8 Å². The number of carbonyl (C=O) groups is 2. The summed E-state index contributed by atoms with van der Waals surface area (Å²) in [6, 6.07) is 6.06. The first-order chi connectivity index (χ1) is 11.4. The molecular weight excluding hydrogens is 306 g/mol. The lowest BCUT2D eigenvalue weighted by atomic mass is 10.1. The first-order valence-corrected chi connectivity index (χ1v) is 8.09. The number of nitrogens with one attached hydrogen (secondary N) is 2. The van der Waals surface area contributed by atoms with Crippen LogP contribution in [0.5, 0.6) is 0 Å². The predicted octanol–water partition coefficient (Wildman–Crippen LogP) is 1.87. The minimum atomic E-state index is -0.389. The average Bonchev–Trinajstić information content (AvgIpc) is 2.50. The molecular formula is C18H25N3O3. The monoisotopic (exact) mass is 331 g/mol. The largest absolute Gasteiger partial charge is 0.463 e. The van der Waals surface area contributed by atoms with Gasteiger partial charge in [0.25, 0.3) is 0 Å². The van der Waals surface area contributed by atoms with E-state index < -0.39 is 0 Å². The van der Waals surface area contributed by atoms with Gasteiger partial charge in [0.2, 0.25) is 0 Å². The van der Waals surface area contributed by atoms with Crippen LogP contribution in [0.2, 0.25) is 0 Å². The fourth-order valence-corrected chi connectivity index (χ4v) is 2.72. The molecule has 1 aromatic rings. The SMILES string of the molecule is CCOC(=O)C1=C(CN(C)Cc2ccc(C)cc2C)NC(=O)NC1. The molecule has 0 unspecified atom stereocenters. The predicted molar refractivity (Wildman–Crippen MR) is 92.4 cm³/mol. The normalized spacial score (nSPS) is 14.5. The maximum atomic E-state index is 12.1. The van der Waals surface area contributed by atoms with Crippen molar-refractivity contribution in [1.82, 2.24) is 15.5 Å². The third-order valence-electron chi connectivity index (χ3n) is 3.94. The highest BCUT2D eigenvalue weighted by Gasteiger charge is 2.24. The Balaban J connectivity index is 2.12. The molecule has 2 amide bonds. The zero-order valence-corrected chi connectivity index (χ0v) is 14.7. The summed E-state index contributed by atoms with van der Waals surface area (Å²) in [5.74, 6) is -0.389. The van der Waals surface area contributed by atoms with Crippen molar-refractivity contribution in [2.24, 2.45) is 0 Å². The van der Waals surface area contributed by atoms with E-state index in [9.17, 15) is 9.59 Å². The summed E-state index contributed by atoms with van der Waals surface area (Å²) < 4.78 is 5.07. The van der Waals surface area contributed by atoms with E-state index in [1.807, 2.05) is 7.05 Å². The first kappa shape index (κ1) is 18.0. The van der Waals surface area contributed by atoms with Gasteiger partial charge in [-0.3, -0.25) is 4.90 Å². The summed E-state index contributed by atoms with van der Waals surface area (Å²) in [6.07, 6.45) is 0. The van der Waals surface area contributed by atoms with Crippen molar-refractivity contribution in [3.8, 4) is 0 Å². The molecule has 0 saturated heterocycles. The van der Waals surface area contributed by atoms with Gasteiger partial charge in [-0.1, -0.05) is 23.8 Å². The molecule has 2 N–H and O–H groups in total. The number of ether oxygens (including phenoxy) is 1. The second kappa shape index (κ2) is 7.97. The van der Waals surface area contributed by atoms with Crippen LogP contribution in [0.15, 0.2) is 29.5 Å². The topological polar surface area (TPSA) is 70.7 Å². The Morgan fingerprint density at radius 1 is 1.29 bits per heavy atom. The van der Waals surface area contributed by atoms with E-state index in [2.05, 4.69) is 47.6 Å². The van der Waals surface area contributed by atoms with Crippen LogP contribution < -0.4 is 10.6 Å². The van der Waals surface area contributed by atoms with Crippen molar-refractivity contribution < 1.29 is 14.3 Å². The quantitative estimate of drug-likeness (QED) is 0.781. The molecule has 6 nitrogen and oxygen atoms in total. The third kappa shape index (κ3) is 4.58. The van der Waals surface area contributed by atoms with E-state index in [0.717, 1.165) is 6.54 Å². The highest BCUT2D eigenvalue weighted by Crippen LogP contribution is 2.15. The summed E-state index contributed by atoms with van der Waals surface area (Å²) in [6.45, 7) is 7.62. The highest BCUT2D eigenvalue weighted by atomic mass is 16.5. The third-order valence-corrected chi connectivity index (χ3v) is 3.94. The Kier molecular flexibility index (Phi) is 5.98. The average molecular weight is 331 g/mol. The molecule has 1 aromatic carbocycles. The summed E-state index contributed by atoms with van der Waals surface area (Å²) in [4.78, 5) is 25.7. The van der Waals surface area contributed by atoms with E-state index >= 15 is 0 Å². The van der Waals surface area contributed by atoms with Gasteiger partial charge in [-0.2, -0.15) is 0 Å². The standard InChI is InChI=1S/C18H25N3O3/c1-5-24-17(22)15-9-19-18(23)20-16(15)11-21(4)10-14-7-6-12(2)8-13(14)3/h6-8H,5,9-11H2,1-4H3,(H2,19,20,23). The Hall–Kier alpha value is -2.34. The van der Waals surface area contributed by atoms with Gasteiger partial charge in [-0.25, -0.2) is 9.59 Å². The minimum Gasteiger partial charge on any atom is -0.463 e. The lowest BCUT2D eigenvalue weighted by molar-refractivity contribution is -0.138. The number of aryl methyl sites for hydroxylation is 2. The van der Waals surface area contributed by atoms with Gasteiger partial charge >= 0.3 is 12.0 Å². The number of benzene rings is 1. The van der Waals surface area contributed by atoms with Gasteiger partial charge in [-0.15, -0.1) is 0 Å². The maximum absolute atomic E-state index is 12.1. The molecule has 2 rings (SSSR count). The van der Waals surface area contributed by atoms with Crippen molar-refractivity contribution in [2.45, 2.75) is 27.3 Å². The lowest BCUT2D eigenvalue weighted by Gasteiger charge is -2.25. The molecule has 0 bridgehead atoms. The Morgan fingerprint density at radius 3 is 2.71 bits per heavy atom. The Morgan fingerprint density at radius 2 is 2.04 bits per heavy atom. The van der Waals surface area contributed by atoms with Gasteiger partial charge in [-0.05, 0) is 38.9 Å². The van der Waals surface area contributed by atoms with E-state index in [1.165, 1.54) is 16.7 Å². The number of hydrogen-bond donors (Lipinski definition) is 2. The van der Waals surface area contributed by atoms with E-state index in [-0.39, 0.29) is 18.5 Å². The number of urea groups is 1. The van der Waals surface area contributed by atoms with Crippen LogP contribution in [0.4, 0.5) is 4.79 Å². The first-order valence-electron chi connectivity index (χ1n) is 8.09. The smallest absolute Gasteiger partial charge is 0.337 e. The van der Waals surface area contributed by atoms with E-state index in [0.29, 0.717) is 24.4 Å². The molecule has 0 aliphatic carbocycles. The number of hydrogen-bond acceptors (Lipinski definition) is 4. The van der Waals surface area contributed by atoms with Crippen molar-refractivity contribution >= 4 is 12.0 Å². The molecule has 1 aliphatic rings. The molecule has 130 valence electrons. The van der Waals surface area contributed by atoms with E-state index in [4.69, 9.17) is 4.74 Å². The fraction of sp³-hybridized carbons (Fsp3) is 0.444. The van der Waals surface area contributed by atoms with Crippen molar-refractivity contribution in [3.63, 3.8) is 0 Å². The number of carbonyl (C=O) groups excluding carboxylic acids is 2. The van der Waals surface area contributed by atoms with Crippen LogP contribution in [0.25, 0.3) is 0 Å². The number of amides is 2. The number of nitrogens with zero attached hydrogens (tertiary/aromatic N) is 1. The Labute approximate surface area is 142 Å². The van der Waals surface area contributed by atoms with Crippen LogP contribution in [-0.2, 0) is 16.1 Å². The molecule has 6 heteroatoms. The summed E-state index contributed by atoms with van der Waals surface area (Å²) in [5.41, 5.74) is 4.77. The van der Waals surface area contributed by atoms with Gasteiger partial charge in [0.05, 0.1) is 18.7 Å². The van der Waals surface area contributed by atoms with E-state index in [1.54, 1.807) is 6.92 Å². The van der Waals surface area contributed by atoms with Crippen molar-refractivity contribution in [2.75, 3.05) is 26.7 Å². The minimum absolute atomic E-state index is 0.192. The maximum Gasteiger partial charge on any atom is 0.337 e. The lowest BCUT2D eigenvalue weighted by Crippen LogP contribution is -2.46. The molecule has 0 radical (unpaired) electrons. The van der Waals surface area contributed by atoms with Crippen LogP contribution >= 0.6 is 0 Å². The molecule has 0 atom stereocenters. The molecule has 0 fully saturated rings. The molecule has 24 heavy (non-hydrogen) atoms. The molecule has 1 aliphatic heterocycles. The summed E-state index contributed by atoms with van der Waals surface area (Å²) in [5, 5.41) is 5.35. The molecule has 0 spiro atoms. The Bertz CT molecular complexity index is 667. The number of rotatable bonds is 6. The van der Waals surface area contributed by atoms with Crippen molar-refractivity contribution in [3.05, 3.63) is 46.2 Å². The summed E-state index contributed by atoms with van der Waals surface area (Å²) >= 11 is 0. The molecule has 1 heterocycles. The zero-order chi connectivity index (χ0) is 17.7. The van der Waals surface area contributed by atoms with Crippen LogP contribution in [0.3, 0.4) is 0 Å². The number of likely N-dealkylation sites (N-methyl/N-ethyl adjacent to an activating group) is 1. The second-order valence-electron chi connectivity index (χ2n) is 6.09. The van der Waals surface area contributed by atoms with Gasteiger partial charge in [0, 0.05) is 18.8 Å².